The lowest BCUT2D eigenvalue weighted by Crippen LogP contribution is -2.45. The number of thioether (sulfide) groups is 1. The molecule has 1 N–H and O–H groups in total. The van der Waals surface area contributed by atoms with E-state index in [4.69, 9.17) is 9.84 Å². The Bertz CT molecular complexity index is 171. The molecule has 0 radical (unpaired) electrons. The normalized spacial score (nSPS) is 37.5. The summed E-state index contributed by atoms with van der Waals surface area (Å²) in [5.41, 5.74) is -0.926. The second kappa shape index (κ2) is 3.03. The average molecular weight is 176 g/mol. The second-order valence-corrected chi connectivity index (χ2v) is 4.11. The zero-order valence-corrected chi connectivity index (χ0v) is 7.48. The van der Waals surface area contributed by atoms with E-state index in [-0.39, 0.29) is 5.25 Å². The number of hydrogen-bond acceptors (Lipinski definition) is 3. The predicted molar refractivity (Wildman–Crippen MR) is 43.9 cm³/mol. The molecule has 0 aromatic carbocycles. The van der Waals surface area contributed by atoms with Crippen LogP contribution in [0.15, 0.2) is 0 Å². The van der Waals surface area contributed by atoms with Gasteiger partial charge in [-0.25, -0.2) is 4.79 Å². The Morgan fingerprint density at radius 2 is 2.45 bits per heavy atom. The Morgan fingerprint density at radius 1 is 1.82 bits per heavy atom. The van der Waals surface area contributed by atoms with Crippen molar-refractivity contribution in [3.8, 4) is 0 Å². The number of carboxylic acid groups (broad SMARTS) is 1. The highest BCUT2D eigenvalue weighted by molar-refractivity contribution is 8.00. The van der Waals surface area contributed by atoms with Crippen LogP contribution in [0.4, 0.5) is 0 Å². The van der Waals surface area contributed by atoms with Gasteiger partial charge >= 0.3 is 5.97 Å². The van der Waals surface area contributed by atoms with E-state index in [1.54, 1.807) is 11.8 Å². The summed E-state index contributed by atoms with van der Waals surface area (Å²) in [5, 5.41) is 8.96. The first-order valence-corrected chi connectivity index (χ1v) is 4.58. The molecule has 1 aliphatic rings. The van der Waals surface area contributed by atoms with Gasteiger partial charge in [-0.1, -0.05) is 0 Å². The first kappa shape index (κ1) is 8.87. The molecule has 0 aliphatic carbocycles. The van der Waals surface area contributed by atoms with Crippen LogP contribution in [0.1, 0.15) is 13.3 Å². The summed E-state index contributed by atoms with van der Waals surface area (Å²) >= 11 is 1.65. The third kappa shape index (κ3) is 1.25. The van der Waals surface area contributed by atoms with Crippen molar-refractivity contribution in [3.05, 3.63) is 0 Å². The lowest BCUT2D eigenvalue weighted by Gasteiger charge is -2.25. The molecule has 0 aromatic heterocycles. The van der Waals surface area contributed by atoms with E-state index in [9.17, 15) is 4.79 Å². The van der Waals surface area contributed by atoms with Gasteiger partial charge in [-0.2, -0.15) is 11.8 Å². The quantitative estimate of drug-likeness (QED) is 0.681. The summed E-state index contributed by atoms with van der Waals surface area (Å²) in [7, 11) is 1.47. The second-order valence-electron chi connectivity index (χ2n) is 2.66. The summed E-state index contributed by atoms with van der Waals surface area (Å²) in [4.78, 5) is 10.8. The monoisotopic (exact) mass is 176 g/mol. The van der Waals surface area contributed by atoms with Crippen molar-refractivity contribution in [1.29, 1.82) is 0 Å². The van der Waals surface area contributed by atoms with Crippen LogP contribution in [0, 0.1) is 0 Å². The largest absolute Gasteiger partial charge is 0.479 e. The first-order valence-electron chi connectivity index (χ1n) is 3.53. The maximum Gasteiger partial charge on any atom is 0.337 e. The Balaban J connectivity index is 2.82. The number of carboxylic acids is 1. The van der Waals surface area contributed by atoms with Gasteiger partial charge in [0.2, 0.25) is 0 Å². The van der Waals surface area contributed by atoms with Crippen molar-refractivity contribution in [2.24, 2.45) is 0 Å². The molecule has 2 atom stereocenters. The van der Waals surface area contributed by atoms with Gasteiger partial charge in [0, 0.05) is 12.4 Å². The van der Waals surface area contributed by atoms with E-state index in [2.05, 4.69) is 0 Å². The Morgan fingerprint density at radius 3 is 2.64 bits per heavy atom. The zero-order chi connectivity index (χ0) is 8.48. The first-order chi connectivity index (χ1) is 5.13. The maximum atomic E-state index is 10.8. The molecule has 1 fully saturated rings. The standard InChI is InChI=1S/C7H12O3S/c1-5-7(10-2,6(8)9)3-4-11-5/h5H,3-4H2,1-2H3,(H,8,9). The fourth-order valence-corrected chi connectivity index (χ4v) is 2.72. The minimum absolute atomic E-state index is 0.0602. The fraction of sp³-hybridized carbons (Fsp3) is 0.857. The lowest BCUT2D eigenvalue weighted by molar-refractivity contribution is -0.161. The Hall–Kier alpha value is -0.220. The van der Waals surface area contributed by atoms with Crippen LogP contribution in [0.25, 0.3) is 0 Å². The van der Waals surface area contributed by atoms with Gasteiger partial charge in [-0.15, -0.1) is 0 Å². The molecule has 0 spiro atoms. The van der Waals surface area contributed by atoms with E-state index in [1.165, 1.54) is 7.11 Å². The summed E-state index contributed by atoms with van der Waals surface area (Å²) in [6.45, 7) is 1.90. The molecule has 2 unspecified atom stereocenters. The molecular formula is C7H12O3S. The van der Waals surface area contributed by atoms with Gasteiger partial charge in [0.15, 0.2) is 5.60 Å². The molecule has 0 amide bonds. The molecule has 4 heteroatoms. The van der Waals surface area contributed by atoms with Gasteiger partial charge in [-0.3, -0.25) is 0 Å². The van der Waals surface area contributed by atoms with E-state index in [1.807, 2.05) is 6.92 Å². The number of rotatable bonds is 2. The lowest BCUT2D eigenvalue weighted by atomic mass is 9.97. The zero-order valence-electron chi connectivity index (χ0n) is 6.66. The van der Waals surface area contributed by atoms with Gasteiger partial charge in [0.1, 0.15) is 0 Å². The summed E-state index contributed by atoms with van der Waals surface area (Å²) < 4.78 is 5.05. The molecule has 3 nitrogen and oxygen atoms in total. The fourth-order valence-electron chi connectivity index (χ4n) is 1.36. The highest BCUT2D eigenvalue weighted by Crippen LogP contribution is 2.38. The van der Waals surface area contributed by atoms with Crippen LogP contribution in [0.5, 0.6) is 0 Å². The van der Waals surface area contributed by atoms with Crippen LogP contribution >= 0.6 is 11.8 Å². The highest BCUT2D eigenvalue weighted by Gasteiger charge is 2.48. The van der Waals surface area contributed by atoms with E-state index >= 15 is 0 Å². The minimum Gasteiger partial charge on any atom is -0.479 e. The smallest absolute Gasteiger partial charge is 0.337 e. The van der Waals surface area contributed by atoms with Crippen molar-refractivity contribution >= 4 is 17.7 Å². The molecular weight excluding hydrogens is 164 g/mol. The van der Waals surface area contributed by atoms with Crippen molar-refractivity contribution < 1.29 is 14.6 Å². The number of aliphatic carboxylic acids is 1. The highest BCUT2D eigenvalue weighted by atomic mass is 32.2. The number of carbonyl (C=O) groups is 1. The van der Waals surface area contributed by atoms with Crippen molar-refractivity contribution in [3.63, 3.8) is 0 Å². The van der Waals surface area contributed by atoms with Crippen molar-refractivity contribution in [2.45, 2.75) is 24.2 Å². The van der Waals surface area contributed by atoms with Crippen molar-refractivity contribution in [2.75, 3.05) is 12.9 Å². The Kier molecular flexibility index (Phi) is 2.44. The minimum atomic E-state index is -0.926. The third-order valence-corrected chi connectivity index (χ3v) is 3.54. The van der Waals surface area contributed by atoms with E-state index < -0.39 is 11.6 Å². The third-order valence-electron chi connectivity index (χ3n) is 2.22. The predicted octanol–water partition coefficient (Wildman–Crippen LogP) is 0.982. The Labute approximate surface area is 70.1 Å². The molecule has 0 saturated carbocycles. The van der Waals surface area contributed by atoms with E-state index in [0.29, 0.717) is 6.42 Å². The van der Waals surface area contributed by atoms with Gasteiger partial charge in [0.05, 0.1) is 0 Å². The maximum absolute atomic E-state index is 10.8. The average Bonchev–Trinajstić information content (AvgIpc) is 2.32. The van der Waals surface area contributed by atoms with E-state index in [0.717, 1.165) is 5.75 Å². The van der Waals surface area contributed by atoms with Crippen LogP contribution in [0.2, 0.25) is 0 Å². The molecule has 1 rings (SSSR count). The van der Waals surface area contributed by atoms with Gasteiger partial charge in [0.25, 0.3) is 0 Å². The van der Waals surface area contributed by atoms with Crippen LogP contribution in [-0.2, 0) is 9.53 Å². The molecule has 1 aliphatic heterocycles. The molecule has 0 bridgehead atoms. The van der Waals surface area contributed by atoms with Crippen molar-refractivity contribution in [1.82, 2.24) is 0 Å². The molecule has 64 valence electrons. The van der Waals surface area contributed by atoms with Crippen LogP contribution in [0.3, 0.4) is 0 Å². The van der Waals surface area contributed by atoms with Gasteiger partial charge < -0.3 is 9.84 Å². The van der Waals surface area contributed by atoms with Crippen LogP contribution < -0.4 is 0 Å². The summed E-state index contributed by atoms with van der Waals surface area (Å²) in [6.07, 6.45) is 0.616. The summed E-state index contributed by atoms with van der Waals surface area (Å²) in [5.74, 6) is 0.0406. The van der Waals surface area contributed by atoms with Gasteiger partial charge in [-0.05, 0) is 19.1 Å². The topological polar surface area (TPSA) is 46.5 Å². The molecule has 11 heavy (non-hydrogen) atoms. The number of methoxy groups -OCH3 is 1. The summed E-state index contributed by atoms with van der Waals surface area (Å²) in [6, 6.07) is 0. The van der Waals surface area contributed by atoms with Crippen LogP contribution in [-0.4, -0.2) is 34.8 Å². The molecule has 1 saturated heterocycles. The molecule has 0 aromatic rings. The number of hydrogen-bond donors (Lipinski definition) is 1. The molecule has 1 heterocycles. The number of ether oxygens (including phenoxy) is 1. The SMILES string of the molecule is COC1(C(=O)O)CCSC1C.